The van der Waals surface area contributed by atoms with Crippen LogP contribution in [0.15, 0.2) is 48.5 Å². The monoisotopic (exact) mass is 341 g/mol. The van der Waals surface area contributed by atoms with Crippen molar-refractivity contribution in [2.24, 2.45) is 0 Å². The van der Waals surface area contributed by atoms with E-state index in [0.29, 0.717) is 12.4 Å². The summed E-state index contributed by atoms with van der Waals surface area (Å²) in [6.07, 6.45) is 0. The van der Waals surface area contributed by atoms with Gasteiger partial charge in [0.2, 0.25) is 0 Å². The quantitative estimate of drug-likeness (QED) is 0.615. The molecule has 6 nitrogen and oxygen atoms in total. The SMILES string of the molecule is CCOc1cc(N2CCN(C)CC2c2ccccc2)ccc1[N+](=O)[O-]. The molecule has 1 heterocycles. The van der Waals surface area contributed by atoms with Crippen molar-refractivity contribution < 1.29 is 9.66 Å². The molecule has 6 heteroatoms. The number of nitrogens with zero attached hydrogens (tertiary/aromatic N) is 3. The molecule has 132 valence electrons. The molecule has 1 fully saturated rings. The number of piperazine rings is 1. The molecule has 25 heavy (non-hydrogen) atoms. The summed E-state index contributed by atoms with van der Waals surface area (Å²) in [6.45, 7) is 4.95. The van der Waals surface area contributed by atoms with Crippen LogP contribution >= 0.6 is 0 Å². The van der Waals surface area contributed by atoms with E-state index < -0.39 is 4.92 Å². The zero-order valence-corrected chi connectivity index (χ0v) is 14.6. The molecular weight excluding hydrogens is 318 g/mol. The van der Waals surface area contributed by atoms with Gasteiger partial charge in [-0.05, 0) is 25.6 Å². The third-order valence-electron chi connectivity index (χ3n) is 4.54. The second-order valence-corrected chi connectivity index (χ2v) is 6.22. The molecule has 1 saturated heterocycles. The number of benzene rings is 2. The first-order chi connectivity index (χ1) is 12.1. The number of anilines is 1. The van der Waals surface area contributed by atoms with E-state index in [1.165, 1.54) is 5.56 Å². The van der Waals surface area contributed by atoms with Crippen molar-refractivity contribution in [3.63, 3.8) is 0 Å². The first-order valence-electron chi connectivity index (χ1n) is 8.51. The minimum absolute atomic E-state index is 0.0102. The van der Waals surface area contributed by atoms with E-state index in [-0.39, 0.29) is 11.7 Å². The van der Waals surface area contributed by atoms with Gasteiger partial charge in [0, 0.05) is 37.5 Å². The van der Waals surface area contributed by atoms with Crippen molar-refractivity contribution in [2.45, 2.75) is 13.0 Å². The molecule has 1 atom stereocenters. The van der Waals surface area contributed by atoms with Crippen LogP contribution in [0.4, 0.5) is 11.4 Å². The molecular formula is C19H23N3O3. The Balaban J connectivity index is 1.97. The number of ether oxygens (including phenoxy) is 1. The van der Waals surface area contributed by atoms with E-state index in [1.54, 1.807) is 12.1 Å². The lowest BCUT2D eigenvalue weighted by Gasteiger charge is -2.42. The van der Waals surface area contributed by atoms with Gasteiger partial charge in [-0.3, -0.25) is 10.1 Å². The fraction of sp³-hybridized carbons (Fsp3) is 0.368. The molecule has 3 rings (SSSR count). The molecule has 0 radical (unpaired) electrons. The largest absolute Gasteiger partial charge is 0.487 e. The summed E-state index contributed by atoms with van der Waals surface area (Å²) in [4.78, 5) is 15.4. The first-order valence-corrected chi connectivity index (χ1v) is 8.51. The molecule has 2 aromatic carbocycles. The predicted molar refractivity (Wildman–Crippen MR) is 98.3 cm³/mol. The molecule has 1 aliphatic heterocycles. The lowest BCUT2D eigenvalue weighted by atomic mass is 10.0. The summed E-state index contributed by atoms with van der Waals surface area (Å²) in [5.74, 6) is 0.329. The Morgan fingerprint density at radius 1 is 1.20 bits per heavy atom. The van der Waals surface area contributed by atoms with Crippen molar-refractivity contribution >= 4 is 11.4 Å². The van der Waals surface area contributed by atoms with Crippen LogP contribution < -0.4 is 9.64 Å². The molecule has 0 aliphatic carbocycles. The average Bonchev–Trinajstić information content (AvgIpc) is 2.62. The second kappa shape index (κ2) is 7.53. The lowest BCUT2D eigenvalue weighted by molar-refractivity contribution is -0.385. The molecule has 0 amide bonds. The first kappa shape index (κ1) is 17.2. The van der Waals surface area contributed by atoms with E-state index in [1.807, 2.05) is 31.2 Å². The number of rotatable bonds is 5. The summed E-state index contributed by atoms with van der Waals surface area (Å²) in [6, 6.07) is 15.7. The van der Waals surface area contributed by atoms with Crippen molar-refractivity contribution in [2.75, 3.05) is 38.2 Å². The molecule has 0 N–H and O–H groups in total. The second-order valence-electron chi connectivity index (χ2n) is 6.22. The van der Waals surface area contributed by atoms with Crippen molar-refractivity contribution in [1.82, 2.24) is 4.90 Å². The van der Waals surface area contributed by atoms with Gasteiger partial charge in [-0.25, -0.2) is 0 Å². The van der Waals surface area contributed by atoms with E-state index in [4.69, 9.17) is 4.74 Å². The number of hydrogen-bond acceptors (Lipinski definition) is 5. The fourth-order valence-electron chi connectivity index (χ4n) is 3.29. The van der Waals surface area contributed by atoms with Gasteiger partial charge in [0.25, 0.3) is 0 Å². The Kier molecular flexibility index (Phi) is 5.19. The number of nitro groups is 1. The van der Waals surface area contributed by atoms with Crippen molar-refractivity contribution in [3.8, 4) is 5.75 Å². The highest BCUT2D eigenvalue weighted by atomic mass is 16.6. The molecule has 1 unspecified atom stereocenters. The lowest BCUT2D eigenvalue weighted by Crippen LogP contribution is -2.46. The standard InChI is InChI=1S/C19H23N3O3/c1-3-25-19-13-16(9-10-17(19)22(23)24)21-12-11-20(2)14-18(21)15-7-5-4-6-8-15/h4-10,13,18H,3,11-12,14H2,1-2H3. The summed E-state index contributed by atoms with van der Waals surface area (Å²) < 4.78 is 5.51. The van der Waals surface area contributed by atoms with Crippen LogP contribution in [0.2, 0.25) is 0 Å². The minimum atomic E-state index is -0.395. The van der Waals surface area contributed by atoms with Crippen molar-refractivity contribution in [3.05, 3.63) is 64.2 Å². The smallest absolute Gasteiger partial charge is 0.311 e. The van der Waals surface area contributed by atoms with Gasteiger partial charge in [0.05, 0.1) is 17.6 Å². The predicted octanol–water partition coefficient (Wildman–Crippen LogP) is 3.49. The maximum absolute atomic E-state index is 11.2. The highest BCUT2D eigenvalue weighted by Crippen LogP contribution is 2.36. The van der Waals surface area contributed by atoms with Crippen LogP contribution in [0, 0.1) is 10.1 Å². The van der Waals surface area contributed by atoms with Gasteiger partial charge in [0.15, 0.2) is 5.75 Å². The Bertz CT molecular complexity index is 736. The molecule has 0 bridgehead atoms. The number of nitro benzene ring substituents is 1. The van der Waals surface area contributed by atoms with E-state index in [9.17, 15) is 10.1 Å². The zero-order chi connectivity index (χ0) is 17.8. The van der Waals surface area contributed by atoms with Crippen LogP contribution in [0.3, 0.4) is 0 Å². The summed E-state index contributed by atoms with van der Waals surface area (Å²) in [5, 5.41) is 11.2. The number of hydrogen-bond donors (Lipinski definition) is 0. The summed E-state index contributed by atoms with van der Waals surface area (Å²) in [5.41, 5.74) is 2.21. The van der Waals surface area contributed by atoms with Gasteiger partial charge in [-0.15, -0.1) is 0 Å². The third kappa shape index (κ3) is 3.74. The van der Waals surface area contributed by atoms with Crippen molar-refractivity contribution in [1.29, 1.82) is 0 Å². The van der Waals surface area contributed by atoms with E-state index in [0.717, 1.165) is 25.3 Å². The topological polar surface area (TPSA) is 58.8 Å². The fourth-order valence-corrected chi connectivity index (χ4v) is 3.29. The van der Waals surface area contributed by atoms with E-state index in [2.05, 4.69) is 29.0 Å². The molecule has 0 spiro atoms. The van der Waals surface area contributed by atoms with Crippen LogP contribution in [-0.4, -0.2) is 43.1 Å². The van der Waals surface area contributed by atoms with Crippen LogP contribution in [0.25, 0.3) is 0 Å². The summed E-state index contributed by atoms with van der Waals surface area (Å²) >= 11 is 0. The van der Waals surface area contributed by atoms with Gasteiger partial charge in [-0.1, -0.05) is 30.3 Å². The third-order valence-corrected chi connectivity index (χ3v) is 4.54. The van der Waals surface area contributed by atoms with E-state index >= 15 is 0 Å². The molecule has 2 aromatic rings. The Morgan fingerprint density at radius 2 is 1.96 bits per heavy atom. The van der Waals surface area contributed by atoms with Gasteiger partial charge in [-0.2, -0.15) is 0 Å². The van der Waals surface area contributed by atoms with Crippen LogP contribution in [0.1, 0.15) is 18.5 Å². The highest BCUT2D eigenvalue weighted by Gasteiger charge is 2.28. The minimum Gasteiger partial charge on any atom is -0.487 e. The Hall–Kier alpha value is -2.60. The number of likely N-dealkylation sites (N-methyl/N-ethyl adjacent to an activating group) is 1. The Morgan fingerprint density at radius 3 is 2.64 bits per heavy atom. The van der Waals surface area contributed by atoms with Crippen LogP contribution in [-0.2, 0) is 0 Å². The summed E-state index contributed by atoms with van der Waals surface area (Å²) in [7, 11) is 2.12. The Labute approximate surface area is 147 Å². The molecule has 1 aliphatic rings. The maximum Gasteiger partial charge on any atom is 0.311 e. The molecule has 0 aromatic heterocycles. The van der Waals surface area contributed by atoms with Crippen LogP contribution in [0.5, 0.6) is 5.75 Å². The normalized spacial score (nSPS) is 18.2. The maximum atomic E-state index is 11.2. The van der Waals surface area contributed by atoms with Gasteiger partial charge >= 0.3 is 5.69 Å². The molecule has 0 saturated carbocycles. The average molecular weight is 341 g/mol. The zero-order valence-electron chi connectivity index (χ0n) is 14.6. The highest BCUT2D eigenvalue weighted by molar-refractivity contribution is 5.60. The van der Waals surface area contributed by atoms with Gasteiger partial charge < -0.3 is 14.5 Å². The van der Waals surface area contributed by atoms with Gasteiger partial charge in [0.1, 0.15) is 0 Å².